The molecule has 0 fully saturated rings. The van der Waals surface area contributed by atoms with Gasteiger partial charge in [0.15, 0.2) is 0 Å². The van der Waals surface area contributed by atoms with Gasteiger partial charge in [0.25, 0.3) is 11.3 Å². The minimum absolute atomic E-state index is 0.196. The first-order valence-corrected chi connectivity index (χ1v) is 9.30. The maximum atomic E-state index is 12.8. The fourth-order valence-electron chi connectivity index (χ4n) is 3.07. The van der Waals surface area contributed by atoms with Crippen molar-refractivity contribution >= 4 is 30.1 Å². The number of fused-ring (bicyclic) bond motifs is 1. The Balaban J connectivity index is 0.000000491. The monoisotopic (exact) mass is 450 g/mol. The van der Waals surface area contributed by atoms with Gasteiger partial charge in [0.1, 0.15) is 5.69 Å². The Morgan fingerprint density at radius 3 is 2.39 bits per heavy atom. The number of allylic oxidation sites excluding steroid dienone is 4. The van der Waals surface area contributed by atoms with Gasteiger partial charge in [-0.05, 0) is 42.8 Å². The van der Waals surface area contributed by atoms with E-state index >= 15 is 0 Å². The molecule has 31 heavy (non-hydrogen) atoms. The van der Waals surface area contributed by atoms with Crippen LogP contribution in [0.15, 0.2) is 53.5 Å². The minimum atomic E-state index is -6.00. The highest BCUT2D eigenvalue weighted by Gasteiger charge is 2.24. The van der Waals surface area contributed by atoms with Crippen molar-refractivity contribution in [3.8, 4) is 16.9 Å². The van der Waals surface area contributed by atoms with Crippen molar-refractivity contribution in [2.24, 2.45) is 0 Å². The van der Waals surface area contributed by atoms with Crippen molar-refractivity contribution in [1.82, 2.24) is 14.8 Å². The van der Waals surface area contributed by atoms with Crippen molar-refractivity contribution < 1.29 is 22.1 Å². The van der Waals surface area contributed by atoms with Gasteiger partial charge in [0.2, 0.25) is 0 Å². The second-order valence-corrected chi connectivity index (χ2v) is 6.96. The van der Waals surface area contributed by atoms with E-state index in [9.17, 15) is 22.1 Å². The van der Waals surface area contributed by atoms with Crippen LogP contribution >= 0.6 is 11.6 Å². The van der Waals surface area contributed by atoms with E-state index in [1.165, 1.54) is 4.68 Å². The van der Waals surface area contributed by atoms with E-state index in [1.807, 2.05) is 19.1 Å². The second kappa shape index (κ2) is 8.75. The summed E-state index contributed by atoms with van der Waals surface area (Å²) in [6.07, 6.45) is 7.77. The molecule has 0 atom stereocenters. The number of benzene rings is 1. The lowest BCUT2D eigenvalue weighted by atomic mass is 9.94. The van der Waals surface area contributed by atoms with Crippen LogP contribution in [0, 0.1) is 6.92 Å². The number of hydrogen-bond donors (Lipinski definition) is 1. The van der Waals surface area contributed by atoms with Crippen LogP contribution in [0.5, 0.6) is 0 Å². The molecule has 0 saturated heterocycles. The summed E-state index contributed by atoms with van der Waals surface area (Å²) in [4.78, 5) is 19.2. The van der Waals surface area contributed by atoms with Crippen LogP contribution < -0.4 is 5.56 Å². The lowest BCUT2D eigenvalue weighted by Crippen LogP contribution is -2.14. The van der Waals surface area contributed by atoms with Crippen LogP contribution in [0.3, 0.4) is 0 Å². The van der Waals surface area contributed by atoms with Gasteiger partial charge in [0.05, 0.1) is 17.7 Å². The number of hydrogen-bond acceptors (Lipinski definition) is 2. The second-order valence-electron chi connectivity index (χ2n) is 6.53. The molecule has 12 heteroatoms. The average molecular weight is 451 g/mol. The largest absolute Gasteiger partial charge is 0.673 e. The molecule has 2 heterocycles. The fraction of sp³-hybridized carbons (Fsp3) is 0.105. The standard InChI is InChI=1S/C19H14ClN5O.BF4/c1-11-17(12-2-6-14(23-21)7-3-12)18-16(10-22-11)19(26)25(24-18)15-8-4-13(20)5-9-15;2-1(3,4)5/h2-6,8-10,22H,7H2,1H3;/q;-1. The van der Waals surface area contributed by atoms with E-state index < -0.39 is 7.25 Å². The molecule has 0 radical (unpaired) electrons. The first kappa shape index (κ1) is 22.3. The van der Waals surface area contributed by atoms with Crippen molar-refractivity contribution in [1.29, 1.82) is 0 Å². The lowest BCUT2D eigenvalue weighted by molar-refractivity contribution is -0.00535. The Kier molecular flexibility index (Phi) is 6.28. The summed E-state index contributed by atoms with van der Waals surface area (Å²) < 4.78 is 40.4. The third-order valence-electron chi connectivity index (χ3n) is 4.40. The molecular formula is C19H14BClF4N5O-. The highest BCUT2D eigenvalue weighted by Crippen LogP contribution is 2.31. The number of rotatable bonds is 2. The van der Waals surface area contributed by atoms with Crippen LogP contribution in [0.2, 0.25) is 5.02 Å². The first-order chi connectivity index (χ1) is 14.6. The normalized spacial score (nSPS) is 13.5. The molecule has 0 amide bonds. The Morgan fingerprint density at radius 1 is 1.19 bits per heavy atom. The average Bonchev–Trinajstić information content (AvgIpc) is 3.04. The summed E-state index contributed by atoms with van der Waals surface area (Å²) in [5.74, 6) is 0. The Morgan fingerprint density at radius 2 is 1.84 bits per heavy atom. The molecule has 2 aliphatic heterocycles. The molecule has 1 aliphatic carbocycles. The van der Waals surface area contributed by atoms with Gasteiger partial charge in [-0.1, -0.05) is 17.7 Å². The molecule has 0 bridgehead atoms. The molecule has 1 aromatic carbocycles. The van der Waals surface area contributed by atoms with E-state index in [0.29, 0.717) is 34.1 Å². The number of halogens is 5. The van der Waals surface area contributed by atoms with E-state index in [4.69, 9.17) is 17.1 Å². The van der Waals surface area contributed by atoms with Gasteiger partial charge in [-0.25, -0.2) is 0 Å². The summed E-state index contributed by atoms with van der Waals surface area (Å²) in [5.41, 5.74) is 13.8. The topological polar surface area (TPSA) is 87.1 Å². The molecule has 6 nitrogen and oxygen atoms in total. The van der Waals surface area contributed by atoms with Crippen LogP contribution in [0.1, 0.15) is 17.7 Å². The summed E-state index contributed by atoms with van der Waals surface area (Å²) in [7, 11) is -6.00. The molecular weight excluding hydrogens is 437 g/mol. The maximum Gasteiger partial charge on any atom is 0.673 e. The Hall–Kier alpha value is -3.43. The van der Waals surface area contributed by atoms with Crippen LogP contribution in [-0.2, 0) is 0 Å². The minimum Gasteiger partial charge on any atom is -0.418 e. The number of aromatic amines is 1. The smallest absolute Gasteiger partial charge is 0.418 e. The predicted molar refractivity (Wildman–Crippen MR) is 111 cm³/mol. The van der Waals surface area contributed by atoms with Crippen molar-refractivity contribution in [3.05, 3.63) is 80.9 Å². The van der Waals surface area contributed by atoms with Gasteiger partial charge in [0, 0.05) is 28.6 Å². The van der Waals surface area contributed by atoms with E-state index in [2.05, 4.69) is 14.9 Å². The number of aryl methyl sites for hydroxylation is 1. The van der Waals surface area contributed by atoms with Gasteiger partial charge < -0.3 is 27.8 Å². The van der Waals surface area contributed by atoms with Crippen molar-refractivity contribution in [2.45, 2.75) is 13.3 Å². The van der Waals surface area contributed by atoms with Crippen LogP contribution in [-0.4, -0.2) is 32.5 Å². The molecule has 0 unspecified atom stereocenters. The van der Waals surface area contributed by atoms with Crippen molar-refractivity contribution in [2.75, 3.05) is 0 Å². The first-order valence-electron chi connectivity index (χ1n) is 8.92. The third-order valence-corrected chi connectivity index (χ3v) is 4.65. The molecule has 4 rings (SSSR count). The third kappa shape index (κ3) is 5.20. The lowest BCUT2D eigenvalue weighted by Gasteiger charge is -2.12. The Labute approximate surface area is 178 Å². The summed E-state index contributed by atoms with van der Waals surface area (Å²) in [5, 5.41) is 5.17. The van der Waals surface area contributed by atoms with E-state index in [0.717, 1.165) is 16.8 Å². The quantitative estimate of drug-likeness (QED) is 0.259. The zero-order valence-corrected chi connectivity index (χ0v) is 16.7. The number of aromatic nitrogens is 3. The van der Waals surface area contributed by atoms with Crippen LogP contribution in [0.25, 0.3) is 28.0 Å². The maximum absolute atomic E-state index is 12.8. The van der Waals surface area contributed by atoms with E-state index in [-0.39, 0.29) is 5.56 Å². The Bertz CT molecular complexity index is 1250. The predicted octanol–water partition coefficient (Wildman–Crippen LogP) is 4.94. The van der Waals surface area contributed by atoms with E-state index in [1.54, 1.807) is 36.5 Å². The molecule has 1 aromatic rings. The number of nitrogens with zero attached hydrogens (tertiary/aromatic N) is 4. The molecule has 0 spiro atoms. The molecule has 3 aliphatic rings. The fourth-order valence-corrected chi connectivity index (χ4v) is 3.19. The number of nitrogens with one attached hydrogen (secondary N) is 1. The summed E-state index contributed by atoms with van der Waals surface area (Å²) in [6.45, 7) is 1.94. The SMILES string of the molecule is Cc1[nH]cc2c(=O)n(-c3ccc(Cl)cc3)nc-2c1C1=CCC(=[N+]=[N-])C=C1.F[B-](F)(F)F. The van der Waals surface area contributed by atoms with Gasteiger partial charge in [-0.2, -0.15) is 14.6 Å². The molecule has 0 aromatic heterocycles. The van der Waals surface area contributed by atoms with Gasteiger partial charge >= 0.3 is 7.25 Å². The highest BCUT2D eigenvalue weighted by molar-refractivity contribution is 6.50. The van der Waals surface area contributed by atoms with Crippen LogP contribution in [0.4, 0.5) is 17.3 Å². The molecule has 1 N–H and O–H groups in total. The number of pyridine rings is 1. The zero-order valence-electron chi connectivity index (χ0n) is 16.0. The molecule has 160 valence electrons. The highest BCUT2D eigenvalue weighted by atomic mass is 35.5. The zero-order chi connectivity index (χ0) is 22.8. The van der Waals surface area contributed by atoms with Crippen molar-refractivity contribution in [3.63, 3.8) is 0 Å². The summed E-state index contributed by atoms with van der Waals surface area (Å²) >= 11 is 5.93. The summed E-state index contributed by atoms with van der Waals surface area (Å²) in [6, 6.07) is 6.97. The van der Waals surface area contributed by atoms with Gasteiger partial charge in [-0.3, -0.25) is 4.79 Å². The van der Waals surface area contributed by atoms with Gasteiger partial charge in [-0.15, -0.1) is 0 Å². The number of H-pyrrole nitrogens is 1. The molecule has 0 saturated carbocycles.